The molecule has 0 saturated carbocycles. The van der Waals surface area contributed by atoms with Crippen LogP contribution in [-0.2, 0) is 33.9 Å². The molecule has 1 fully saturated rings. The highest BCUT2D eigenvalue weighted by atomic mass is 19.4. The molecule has 2 heterocycles. The van der Waals surface area contributed by atoms with Gasteiger partial charge in [0, 0.05) is 32.8 Å². The van der Waals surface area contributed by atoms with Gasteiger partial charge in [-0.15, -0.1) is 0 Å². The van der Waals surface area contributed by atoms with Crippen LogP contribution < -0.4 is 4.74 Å². The van der Waals surface area contributed by atoms with E-state index in [1.165, 1.54) is 12.1 Å². The quantitative estimate of drug-likeness (QED) is 0.630. The SMILES string of the molecule is COCCC(=O)N1CCO[C@@H](c2cc(CCOc3cccc(C(F)(F)F)c3)n(C)n2)C1. The number of hydrogen-bond acceptors (Lipinski definition) is 5. The Morgan fingerprint density at radius 2 is 2.10 bits per heavy atom. The van der Waals surface area contributed by atoms with Crippen LogP contribution in [-0.4, -0.2) is 60.6 Å². The zero-order chi connectivity index (χ0) is 22.4. The van der Waals surface area contributed by atoms with E-state index in [2.05, 4.69) is 5.10 Å². The van der Waals surface area contributed by atoms with E-state index in [9.17, 15) is 18.0 Å². The van der Waals surface area contributed by atoms with E-state index in [0.717, 1.165) is 17.8 Å². The fraction of sp³-hybridized carbons (Fsp3) is 0.524. The molecule has 3 rings (SSSR count). The van der Waals surface area contributed by atoms with Crippen LogP contribution in [0.1, 0.15) is 29.5 Å². The number of rotatable bonds is 8. The summed E-state index contributed by atoms with van der Waals surface area (Å²) in [6.07, 6.45) is -3.95. The van der Waals surface area contributed by atoms with Crippen LogP contribution in [0.3, 0.4) is 0 Å². The number of morpholine rings is 1. The van der Waals surface area contributed by atoms with Crippen molar-refractivity contribution in [3.63, 3.8) is 0 Å². The first-order chi connectivity index (χ1) is 14.8. The summed E-state index contributed by atoms with van der Waals surface area (Å²) in [6, 6.07) is 6.69. The number of ether oxygens (including phenoxy) is 3. The summed E-state index contributed by atoms with van der Waals surface area (Å²) < 4.78 is 56.4. The number of carbonyl (C=O) groups excluding carboxylic acids is 1. The Morgan fingerprint density at radius 3 is 2.84 bits per heavy atom. The molecule has 1 aliphatic rings. The Bertz CT molecular complexity index is 885. The molecule has 1 aromatic carbocycles. The van der Waals surface area contributed by atoms with Gasteiger partial charge in [-0.1, -0.05) is 6.07 Å². The minimum atomic E-state index is -4.41. The molecule has 1 amide bonds. The zero-order valence-electron chi connectivity index (χ0n) is 17.5. The molecular formula is C21H26F3N3O4. The molecule has 1 aromatic heterocycles. The number of aryl methyl sites for hydroxylation is 1. The summed E-state index contributed by atoms with van der Waals surface area (Å²) in [6.45, 7) is 1.95. The lowest BCUT2D eigenvalue weighted by Gasteiger charge is -2.32. The predicted octanol–water partition coefficient (Wildman–Crippen LogP) is 3.00. The summed E-state index contributed by atoms with van der Waals surface area (Å²) in [7, 11) is 3.34. The van der Waals surface area contributed by atoms with E-state index in [0.29, 0.717) is 44.8 Å². The fourth-order valence-corrected chi connectivity index (χ4v) is 3.36. The van der Waals surface area contributed by atoms with E-state index in [4.69, 9.17) is 14.2 Å². The summed E-state index contributed by atoms with van der Waals surface area (Å²) in [5, 5.41) is 4.49. The molecular weight excluding hydrogens is 415 g/mol. The van der Waals surface area contributed by atoms with Crippen LogP contribution in [0.15, 0.2) is 30.3 Å². The number of halogens is 3. The third-order valence-electron chi connectivity index (χ3n) is 5.05. The van der Waals surface area contributed by atoms with Gasteiger partial charge in [0.15, 0.2) is 0 Å². The van der Waals surface area contributed by atoms with Gasteiger partial charge in [-0.3, -0.25) is 9.48 Å². The van der Waals surface area contributed by atoms with Gasteiger partial charge in [-0.05, 0) is 24.3 Å². The lowest BCUT2D eigenvalue weighted by molar-refractivity contribution is -0.140. The minimum absolute atomic E-state index is 0.0146. The van der Waals surface area contributed by atoms with Crippen molar-refractivity contribution in [2.24, 2.45) is 7.05 Å². The van der Waals surface area contributed by atoms with Gasteiger partial charge < -0.3 is 19.1 Å². The summed E-state index contributed by atoms with van der Waals surface area (Å²) in [5.74, 6) is 0.179. The highest BCUT2D eigenvalue weighted by Gasteiger charge is 2.30. The van der Waals surface area contributed by atoms with E-state index in [1.807, 2.05) is 6.07 Å². The van der Waals surface area contributed by atoms with Crippen LogP contribution in [0.25, 0.3) is 0 Å². The van der Waals surface area contributed by atoms with Gasteiger partial charge in [0.1, 0.15) is 11.9 Å². The highest BCUT2D eigenvalue weighted by molar-refractivity contribution is 5.76. The molecule has 2 aromatic rings. The van der Waals surface area contributed by atoms with Crippen LogP contribution in [0, 0.1) is 0 Å². The van der Waals surface area contributed by atoms with Gasteiger partial charge in [-0.2, -0.15) is 18.3 Å². The number of nitrogens with zero attached hydrogens (tertiary/aromatic N) is 3. The van der Waals surface area contributed by atoms with Crippen molar-refractivity contribution in [1.82, 2.24) is 14.7 Å². The third-order valence-corrected chi connectivity index (χ3v) is 5.05. The second kappa shape index (κ2) is 10.1. The first kappa shape index (κ1) is 23.1. The fourth-order valence-electron chi connectivity index (χ4n) is 3.36. The molecule has 0 unspecified atom stereocenters. The molecule has 1 saturated heterocycles. The van der Waals surface area contributed by atoms with Crippen LogP contribution in [0.5, 0.6) is 5.75 Å². The minimum Gasteiger partial charge on any atom is -0.493 e. The highest BCUT2D eigenvalue weighted by Crippen LogP contribution is 2.31. The molecule has 170 valence electrons. The van der Waals surface area contributed by atoms with Crippen molar-refractivity contribution < 1.29 is 32.2 Å². The van der Waals surface area contributed by atoms with E-state index in [1.54, 1.807) is 23.7 Å². The first-order valence-electron chi connectivity index (χ1n) is 9.99. The molecule has 0 aliphatic carbocycles. The van der Waals surface area contributed by atoms with Crippen LogP contribution >= 0.6 is 0 Å². The van der Waals surface area contributed by atoms with Crippen molar-refractivity contribution in [3.05, 3.63) is 47.3 Å². The smallest absolute Gasteiger partial charge is 0.416 e. The van der Waals surface area contributed by atoms with Gasteiger partial charge >= 0.3 is 6.18 Å². The van der Waals surface area contributed by atoms with Gasteiger partial charge in [0.2, 0.25) is 5.91 Å². The number of methoxy groups -OCH3 is 1. The Hall–Kier alpha value is -2.59. The predicted molar refractivity (Wildman–Crippen MR) is 106 cm³/mol. The van der Waals surface area contributed by atoms with Gasteiger partial charge in [-0.25, -0.2) is 0 Å². The maximum atomic E-state index is 12.8. The molecule has 1 atom stereocenters. The number of hydrogen-bond donors (Lipinski definition) is 0. The molecule has 0 N–H and O–H groups in total. The van der Waals surface area contributed by atoms with Gasteiger partial charge in [0.25, 0.3) is 0 Å². The summed E-state index contributed by atoms with van der Waals surface area (Å²) >= 11 is 0. The second-order valence-electron chi connectivity index (χ2n) is 7.25. The Balaban J connectivity index is 1.57. The summed E-state index contributed by atoms with van der Waals surface area (Å²) in [4.78, 5) is 14.0. The average Bonchev–Trinajstić information content (AvgIpc) is 3.12. The normalized spacial score (nSPS) is 17.1. The monoisotopic (exact) mass is 441 g/mol. The molecule has 0 spiro atoms. The lowest BCUT2D eigenvalue weighted by Crippen LogP contribution is -2.42. The van der Waals surface area contributed by atoms with Crippen LogP contribution in [0.4, 0.5) is 13.2 Å². The molecule has 0 radical (unpaired) electrons. The van der Waals surface area contributed by atoms with Crippen LogP contribution in [0.2, 0.25) is 0 Å². The van der Waals surface area contributed by atoms with E-state index < -0.39 is 11.7 Å². The van der Waals surface area contributed by atoms with Crippen molar-refractivity contribution in [1.29, 1.82) is 0 Å². The number of carbonyl (C=O) groups is 1. The van der Waals surface area contributed by atoms with Crippen molar-refractivity contribution in [2.75, 3.05) is 40.0 Å². The standard InChI is InChI=1S/C21H26F3N3O4/c1-26-16(6-10-30-17-5-3-4-15(12-17)21(22,23)24)13-18(25-26)19-14-27(8-11-31-19)20(28)7-9-29-2/h3-5,12-13,19H,6-11,14H2,1-2H3/t19-/m1/s1. The maximum absolute atomic E-state index is 12.8. The first-order valence-corrected chi connectivity index (χ1v) is 9.99. The number of amides is 1. The Labute approximate surface area is 178 Å². The summed E-state index contributed by atoms with van der Waals surface area (Å²) in [5.41, 5.74) is 0.820. The third kappa shape index (κ3) is 6.20. The molecule has 1 aliphatic heterocycles. The molecule has 31 heavy (non-hydrogen) atoms. The topological polar surface area (TPSA) is 65.8 Å². The largest absolute Gasteiger partial charge is 0.493 e. The van der Waals surface area contributed by atoms with Crippen molar-refractivity contribution in [2.45, 2.75) is 25.1 Å². The maximum Gasteiger partial charge on any atom is 0.416 e. The van der Waals surface area contributed by atoms with E-state index >= 15 is 0 Å². The average molecular weight is 441 g/mol. The van der Waals surface area contributed by atoms with Gasteiger partial charge in [0.05, 0.1) is 44.0 Å². The second-order valence-corrected chi connectivity index (χ2v) is 7.25. The number of alkyl halides is 3. The Morgan fingerprint density at radius 1 is 1.29 bits per heavy atom. The molecule has 7 nitrogen and oxygen atoms in total. The molecule has 10 heteroatoms. The Kier molecular flexibility index (Phi) is 7.55. The lowest BCUT2D eigenvalue weighted by atomic mass is 10.1. The van der Waals surface area contributed by atoms with E-state index in [-0.39, 0.29) is 24.4 Å². The van der Waals surface area contributed by atoms with Crippen molar-refractivity contribution in [3.8, 4) is 5.75 Å². The van der Waals surface area contributed by atoms with Crippen molar-refractivity contribution >= 4 is 5.91 Å². The number of aromatic nitrogens is 2. The zero-order valence-corrected chi connectivity index (χ0v) is 17.5. The molecule has 0 bridgehead atoms. The number of benzene rings is 1.